The van der Waals surface area contributed by atoms with Crippen LogP contribution in [0.3, 0.4) is 0 Å². The number of carbonyl (C=O) groups excluding carboxylic acids is 2. The van der Waals surface area contributed by atoms with E-state index in [9.17, 15) is 18.0 Å². The molecule has 0 radical (unpaired) electrons. The van der Waals surface area contributed by atoms with E-state index in [1.54, 1.807) is 17.0 Å². The molecule has 0 aliphatic carbocycles. The molecule has 0 spiro atoms. The summed E-state index contributed by atoms with van der Waals surface area (Å²) in [6.45, 7) is 5.09. The summed E-state index contributed by atoms with van der Waals surface area (Å²) in [5.74, 6) is 0.143. The normalized spacial score (nSPS) is 15.7. The number of carbonyl (C=O) groups is 2. The molecule has 1 aromatic rings. The first-order chi connectivity index (χ1) is 12.9. The van der Waals surface area contributed by atoms with Gasteiger partial charge in [-0.2, -0.15) is 4.31 Å². The summed E-state index contributed by atoms with van der Waals surface area (Å²) in [4.78, 5) is 25.3. The number of benzene rings is 1. The van der Waals surface area contributed by atoms with E-state index in [4.69, 9.17) is 4.74 Å². The van der Waals surface area contributed by atoms with Crippen molar-refractivity contribution in [2.45, 2.75) is 4.90 Å². The predicted octanol–water partition coefficient (Wildman–Crippen LogP) is 0.0133. The molecule has 3 amide bonds. The average molecular weight is 396 g/mol. The van der Waals surface area contributed by atoms with Gasteiger partial charge in [0.1, 0.15) is 5.75 Å². The van der Waals surface area contributed by atoms with Crippen molar-refractivity contribution in [3.05, 3.63) is 36.9 Å². The number of sulfonamides is 1. The Labute approximate surface area is 159 Å². The fraction of sp³-hybridized carbons (Fsp3) is 0.412. The van der Waals surface area contributed by atoms with Gasteiger partial charge in [-0.15, -0.1) is 6.58 Å². The molecular weight excluding hydrogens is 372 g/mol. The van der Waals surface area contributed by atoms with Crippen LogP contribution in [0.15, 0.2) is 41.8 Å². The van der Waals surface area contributed by atoms with E-state index in [-0.39, 0.29) is 31.1 Å². The van der Waals surface area contributed by atoms with Gasteiger partial charge in [0.05, 0.1) is 18.6 Å². The van der Waals surface area contributed by atoms with Crippen molar-refractivity contribution >= 4 is 22.0 Å². The number of hydrogen-bond acceptors (Lipinski definition) is 6. The molecule has 2 rings (SSSR count). The van der Waals surface area contributed by atoms with Crippen LogP contribution in [-0.2, 0) is 14.8 Å². The van der Waals surface area contributed by atoms with E-state index in [0.29, 0.717) is 18.8 Å². The monoisotopic (exact) mass is 396 g/mol. The Morgan fingerprint density at radius 2 is 1.81 bits per heavy atom. The second kappa shape index (κ2) is 9.49. The van der Waals surface area contributed by atoms with E-state index in [1.165, 1.54) is 29.6 Å². The molecule has 27 heavy (non-hydrogen) atoms. The molecule has 0 atom stereocenters. The Balaban J connectivity index is 1.85. The van der Waals surface area contributed by atoms with Gasteiger partial charge in [0.15, 0.2) is 0 Å². The number of rotatable bonds is 7. The van der Waals surface area contributed by atoms with Crippen molar-refractivity contribution in [2.24, 2.45) is 0 Å². The number of urea groups is 1. The third kappa shape index (κ3) is 5.78. The Morgan fingerprint density at radius 3 is 2.37 bits per heavy atom. The maximum atomic E-state index is 12.7. The molecule has 0 aromatic heterocycles. The van der Waals surface area contributed by atoms with Crippen LogP contribution in [0.25, 0.3) is 0 Å². The summed E-state index contributed by atoms with van der Waals surface area (Å²) < 4.78 is 31.8. The smallest absolute Gasteiger partial charge is 0.321 e. The zero-order chi connectivity index (χ0) is 19.9. The average Bonchev–Trinajstić information content (AvgIpc) is 2.66. The van der Waals surface area contributed by atoms with Crippen LogP contribution in [0.2, 0.25) is 0 Å². The van der Waals surface area contributed by atoms with Crippen LogP contribution in [0, 0.1) is 0 Å². The van der Waals surface area contributed by atoms with Crippen LogP contribution in [0.4, 0.5) is 4.79 Å². The Hall–Kier alpha value is -2.43. The van der Waals surface area contributed by atoms with Crippen molar-refractivity contribution in [3.63, 3.8) is 0 Å². The fourth-order valence-electron chi connectivity index (χ4n) is 2.60. The lowest BCUT2D eigenvalue weighted by atomic mass is 10.3. The van der Waals surface area contributed by atoms with Crippen LogP contribution in [0.5, 0.6) is 5.75 Å². The van der Waals surface area contributed by atoms with Gasteiger partial charge >= 0.3 is 6.03 Å². The first-order valence-corrected chi connectivity index (χ1v) is 9.86. The summed E-state index contributed by atoms with van der Waals surface area (Å²) in [5, 5.41) is 4.67. The van der Waals surface area contributed by atoms with Gasteiger partial charge in [-0.3, -0.25) is 15.0 Å². The Kier molecular flexibility index (Phi) is 7.34. The third-order valence-electron chi connectivity index (χ3n) is 4.06. The molecular formula is C17H24N4O5S. The molecule has 1 aromatic carbocycles. The molecule has 1 fully saturated rings. The molecule has 0 unspecified atom stereocenters. The molecule has 1 aliphatic heterocycles. The molecule has 1 saturated heterocycles. The second-order valence-electron chi connectivity index (χ2n) is 5.90. The highest BCUT2D eigenvalue weighted by Crippen LogP contribution is 2.20. The number of imide groups is 1. The minimum Gasteiger partial charge on any atom is -0.497 e. The molecule has 0 bridgehead atoms. The first-order valence-electron chi connectivity index (χ1n) is 8.42. The van der Waals surface area contributed by atoms with E-state index < -0.39 is 22.0 Å². The van der Waals surface area contributed by atoms with E-state index >= 15 is 0 Å². The number of nitrogens with one attached hydrogen (secondary N) is 2. The van der Waals surface area contributed by atoms with Crippen molar-refractivity contribution in [2.75, 3.05) is 46.4 Å². The Morgan fingerprint density at radius 1 is 1.19 bits per heavy atom. The van der Waals surface area contributed by atoms with Crippen molar-refractivity contribution in [1.82, 2.24) is 19.8 Å². The van der Waals surface area contributed by atoms with Gasteiger partial charge < -0.3 is 10.1 Å². The SMILES string of the molecule is C=CCNC(=O)NC(=O)CN1CCN(S(=O)(=O)c2ccc(OC)cc2)CC1. The lowest BCUT2D eigenvalue weighted by Gasteiger charge is -2.33. The van der Waals surface area contributed by atoms with Crippen LogP contribution in [0.1, 0.15) is 0 Å². The van der Waals surface area contributed by atoms with Gasteiger partial charge in [-0.1, -0.05) is 6.08 Å². The highest BCUT2D eigenvalue weighted by molar-refractivity contribution is 7.89. The summed E-state index contributed by atoms with van der Waals surface area (Å²) in [6, 6.07) is 5.64. The number of methoxy groups -OCH3 is 1. The maximum Gasteiger partial charge on any atom is 0.321 e. The van der Waals surface area contributed by atoms with E-state index in [1.807, 2.05) is 0 Å². The quantitative estimate of drug-likeness (QED) is 0.629. The number of amides is 3. The summed E-state index contributed by atoms with van der Waals surface area (Å²) in [5.41, 5.74) is 0. The van der Waals surface area contributed by atoms with Gasteiger partial charge in [0.2, 0.25) is 15.9 Å². The summed E-state index contributed by atoms with van der Waals surface area (Å²) in [7, 11) is -2.08. The maximum absolute atomic E-state index is 12.7. The second-order valence-corrected chi connectivity index (χ2v) is 7.84. The standard InChI is InChI=1S/C17H24N4O5S/c1-3-8-18-17(23)19-16(22)13-20-9-11-21(12-10-20)27(24,25)15-6-4-14(26-2)5-7-15/h3-7H,1,8-13H2,2H3,(H2,18,19,22,23). The zero-order valence-corrected chi connectivity index (χ0v) is 16.0. The minimum atomic E-state index is -3.59. The van der Waals surface area contributed by atoms with Gasteiger partial charge in [0, 0.05) is 32.7 Å². The highest BCUT2D eigenvalue weighted by Gasteiger charge is 2.29. The number of nitrogens with zero attached hydrogens (tertiary/aromatic N) is 2. The first kappa shape index (κ1) is 20.9. The number of ether oxygens (including phenoxy) is 1. The summed E-state index contributed by atoms with van der Waals surface area (Å²) >= 11 is 0. The minimum absolute atomic E-state index is 0.0257. The lowest BCUT2D eigenvalue weighted by Crippen LogP contribution is -2.52. The van der Waals surface area contributed by atoms with E-state index in [2.05, 4.69) is 17.2 Å². The molecule has 1 aliphatic rings. The predicted molar refractivity (Wildman–Crippen MR) is 99.9 cm³/mol. The topological polar surface area (TPSA) is 108 Å². The van der Waals surface area contributed by atoms with Crippen molar-refractivity contribution < 1.29 is 22.7 Å². The van der Waals surface area contributed by atoms with Crippen molar-refractivity contribution in [1.29, 1.82) is 0 Å². The molecule has 2 N–H and O–H groups in total. The van der Waals surface area contributed by atoms with Crippen LogP contribution >= 0.6 is 0 Å². The van der Waals surface area contributed by atoms with Gasteiger partial charge in [-0.25, -0.2) is 13.2 Å². The molecule has 0 saturated carbocycles. The largest absolute Gasteiger partial charge is 0.497 e. The summed E-state index contributed by atoms with van der Waals surface area (Å²) in [6.07, 6.45) is 1.51. The lowest BCUT2D eigenvalue weighted by molar-refractivity contribution is -0.121. The highest BCUT2D eigenvalue weighted by atomic mass is 32.2. The van der Waals surface area contributed by atoms with Gasteiger partial charge in [-0.05, 0) is 24.3 Å². The fourth-order valence-corrected chi connectivity index (χ4v) is 4.03. The van der Waals surface area contributed by atoms with Gasteiger partial charge in [0.25, 0.3) is 0 Å². The van der Waals surface area contributed by atoms with Crippen molar-refractivity contribution in [3.8, 4) is 5.75 Å². The third-order valence-corrected chi connectivity index (χ3v) is 5.97. The number of hydrogen-bond donors (Lipinski definition) is 2. The molecule has 148 valence electrons. The zero-order valence-electron chi connectivity index (χ0n) is 15.2. The van der Waals surface area contributed by atoms with E-state index in [0.717, 1.165) is 0 Å². The Bertz CT molecular complexity index is 771. The van der Waals surface area contributed by atoms with Crippen LogP contribution in [-0.4, -0.2) is 75.9 Å². The molecule has 10 heteroatoms. The van der Waals surface area contributed by atoms with Crippen LogP contribution < -0.4 is 15.4 Å². The molecule has 9 nitrogen and oxygen atoms in total. The molecule has 1 heterocycles. The number of piperazine rings is 1.